The zero-order chi connectivity index (χ0) is 15.3. The van der Waals surface area contributed by atoms with E-state index in [-0.39, 0.29) is 13.1 Å². The van der Waals surface area contributed by atoms with Gasteiger partial charge in [-0.2, -0.15) is 13.1 Å². The molecule has 4 N–H and O–H groups in total. The van der Waals surface area contributed by atoms with E-state index in [4.69, 9.17) is 5.73 Å². The summed E-state index contributed by atoms with van der Waals surface area (Å²) in [7, 11) is -1.43. The number of hydrogen-bond acceptors (Lipinski definition) is 5. The van der Waals surface area contributed by atoms with Crippen molar-refractivity contribution in [3.05, 3.63) is 24.3 Å². The van der Waals surface area contributed by atoms with Gasteiger partial charge in [-0.3, -0.25) is 4.72 Å². The maximum atomic E-state index is 11.7. The minimum absolute atomic E-state index is 0.217. The Balaban J connectivity index is 1.96. The zero-order valence-corrected chi connectivity index (χ0v) is 13.1. The standard InChI is InChI=1S/C13H23N5O2S/c1-17-8-10-18(11-9-17)13-4-2-12(3-5-13)16-21(19,20)15-7-6-14/h2-5,15-16H,6-11,14H2,1H3. The summed E-state index contributed by atoms with van der Waals surface area (Å²) in [4.78, 5) is 4.59. The van der Waals surface area contributed by atoms with E-state index in [1.807, 2.05) is 12.1 Å². The van der Waals surface area contributed by atoms with Gasteiger partial charge in [-0.1, -0.05) is 0 Å². The van der Waals surface area contributed by atoms with Crippen molar-refractivity contribution >= 4 is 21.6 Å². The van der Waals surface area contributed by atoms with Crippen molar-refractivity contribution in [2.24, 2.45) is 5.73 Å². The monoisotopic (exact) mass is 313 g/mol. The van der Waals surface area contributed by atoms with Gasteiger partial charge in [0.2, 0.25) is 0 Å². The molecule has 1 saturated heterocycles. The summed E-state index contributed by atoms with van der Waals surface area (Å²) in [6.45, 7) is 4.53. The van der Waals surface area contributed by atoms with Crippen molar-refractivity contribution in [3.8, 4) is 0 Å². The number of anilines is 2. The van der Waals surface area contributed by atoms with Gasteiger partial charge in [0.15, 0.2) is 0 Å². The molecule has 0 atom stereocenters. The summed E-state index contributed by atoms with van der Waals surface area (Å²) in [5.41, 5.74) is 6.93. The fourth-order valence-corrected chi connectivity index (χ4v) is 3.09. The first-order valence-corrected chi connectivity index (χ1v) is 8.49. The third kappa shape index (κ3) is 4.85. The number of benzene rings is 1. The second-order valence-corrected chi connectivity index (χ2v) is 6.63. The molecule has 0 spiro atoms. The molecule has 0 radical (unpaired) electrons. The van der Waals surface area contributed by atoms with Gasteiger partial charge >= 0.3 is 0 Å². The molecular formula is C13H23N5O2S. The Labute approximate surface area is 126 Å². The van der Waals surface area contributed by atoms with E-state index in [9.17, 15) is 8.42 Å². The predicted octanol–water partition coefficient (Wildman–Crippen LogP) is -0.357. The van der Waals surface area contributed by atoms with Gasteiger partial charge in [-0.25, -0.2) is 0 Å². The quantitative estimate of drug-likeness (QED) is 0.667. The van der Waals surface area contributed by atoms with Gasteiger partial charge in [-0.05, 0) is 31.3 Å². The van der Waals surface area contributed by atoms with Crippen molar-refractivity contribution in [1.29, 1.82) is 0 Å². The van der Waals surface area contributed by atoms with Gasteiger partial charge in [0.1, 0.15) is 0 Å². The van der Waals surface area contributed by atoms with Crippen molar-refractivity contribution < 1.29 is 8.42 Å². The van der Waals surface area contributed by atoms with E-state index >= 15 is 0 Å². The molecule has 7 nitrogen and oxygen atoms in total. The maximum absolute atomic E-state index is 11.7. The molecule has 0 aliphatic carbocycles. The summed E-state index contributed by atoms with van der Waals surface area (Å²) < 4.78 is 28.2. The normalized spacial score (nSPS) is 17.0. The lowest BCUT2D eigenvalue weighted by atomic mass is 10.2. The average molecular weight is 313 g/mol. The van der Waals surface area contributed by atoms with E-state index < -0.39 is 10.2 Å². The van der Waals surface area contributed by atoms with Gasteiger partial charge < -0.3 is 15.5 Å². The summed E-state index contributed by atoms with van der Waals surface area (Å²) in [5.74, 6) is 0. The Bertz CT molecular complexity index is 538. The first-order chi connectivity index (χ1) is 10.00. The molecule has 0 amide bonds. The van der Waals surface area contributed by atoms with Crippen molar-refractivity contribution in [2.75, 3.05) is 55.9 Å². The van der Waals surface area contributed by atoms with Crippen LogP contribution >= 0.6 is 0 Å². The average Bonchev–Trinajstić information content (AvgIpc) is 2.47. The molecule has 0 unspecified atom stereocenters. The first-order valence-electron chi connectivity index (χ1n) is 7.01. The highest BCUT2D eigenvalue weighted by molar-refractivity contribution is 7.90. The molecule has 118 valence electrons. The van der Waals surface area contributed by atoms with Gasteiger partial charge in [0.05, 0.1) is 0 Å². The molecule has 0 aromatic heterocycles. The molecule has 1 heterocycles. The molecule has 1 aromatic carbocycles. The lowest BCUT2D eigenvalue weighted by molar-refractivity contribution is 0.313. The van der Waals surface area contributed by atoms with Crippen LogP contribution in [0.1, 0.15) is 0 Å². The van der Waals surface area contributed by atoms with Crippen LogP contribution < -0.4 is 20.1 Å². The molecule has 21 heavy (non-hydrogen) atoms. The summed E-state index contributed by atoms with van der Waals surface area (Å²) >= 11 is 0. The molecule has 0 saturated carbocycles. The molecular weight excluding hydrogens is 290 g/mol. The van der Waals surface area contributed by atoms with Crippen LogP contribution in [-0.4, -0.2) is 59.6 Å². The minimum atomic E-state index is -3.54. The van der Waals surface area contributed by atoms with Crippen molar-refractivity contribution in [3.63, 3.8) is 0 Å². The van der Waals surface area contributed by atoms with Crippen LogP contribution in [0.25, 0.3) is 0 Å². The highest BCUT2D eigenvalue weighted by atomic mass is 32.2. The Hall–Kier alpha value is -1.35. The number of piperazine rings is 1. The van der Waals surface area contributed by atoms with Crippen molar-refractivity contribution in [2.45, 2.75) is 0 Å². The molecule has 8 heteroatoms. The van der Waals surface area contributed by atoms with Crippen molar-refractivity contribution in [1.82, 2.24) is 9.62 Å². The van der Waals surface area contributed by atoms with Crippen LogP contribution in [0, 0.1) is 0 Å². The Morgan fingerprint density at radius 1 is 1.14 bits per heavy atom. The molecule has 1 fully saturated rings. The lowest BCUT2D eigenvalue weighted by Gasteiger charge is -2.34. The number of nitrogens with one attached hydrogen (secondary N) is 2. The van der Waals surface area contributed by atoms with E-state index in [0.717, 1.165) is 31.9 Å². The van der Waals surface area contributed by atoms with Crippen LogP contribution in [0.5, 0.6) is 0 Å². The first kappa shape index (κ1) is 16.0. The SMILES string of the molecule is CN1CCN(c2ccc(NS(=O)(=O)NCCN)cc2)CC1. The molecule has 0 bridgehead atoms. The van der Waals surface area contributed by atoms with Crippen LogP contribution in [0.15, 0.2) is 24.3 Å². The predicted molar refractivity (Wildman–Crippen MR) is 85.8 cm³/mol. The molecule has 1 aliphatic rings. The van der Waals surface area contributed by atoms with Crippen LogP contribution in [0.4, 0.5) is 11.4 Å². The summed E-state index contributed by atoms with van der Waals surface area (Å²) in [5, 5.41) is 0. The van der Waals surface area contributed by atoms with E-state index in [1.54, 1.807) is 12.1 Å². The Morgan fingerprint density at radius 2 is 1.76 bits per heavy atom. The van der Waals surface area contributed by atoms with Gasteiger partial charge in [0.25, 0.3) is 10.2 Å². The number of nitrogens with two attached hydrogens (primary N) is 1. The summed E-state index contributed by atoms with van der Waals surface area (Å²) in [6, 6.07) is 7.42. The topological polar surface area (TPSA) is 90.7 Å². The molecule has 1 aliphatic heterocycles. The second-order valence-electron chi connectivity index (χ2n) is 5.13. The highest BCUT2D eigenvalue weighted by Gasteiger charge is 2.14. The second kappa shape index (κ2) is 7.08. The number of nitrogens with zero attached hydrogens (tertiary/aromatic N) is 2. The molecule has 2 rings (SSSR count). The van der Waals surface area contributed by atoms with E-state index in [2.05, 4.69) is 26.3 Å². The molecule has 1 aromatic rings. The van der Waals surface area contributed by atoms with Gasteiger partial charge in [0, 0.05) is 50.6 Å². The zero-order valence-electron chi connectivity index (χ0n) is 12.2. The van der Waals surface area contributed by atoms with Crippen LogP contribution in [-0.2, 0) is 10.2 Å². The maximum Gasteiger partial charge on any atom is 0.299 e. The number of hydrogen-bond donors (Lipinski definition) is 3. The number of likely N-dealkylation sites (N-methyl/N-ethyl adjacent to an activating group) is 1. The smallest absolute Gasteiger partial charge is 0.299 e. The minimum Gasteiger partial charge on any atom is -0.369 e. The lowest BCUT2D eigenvalue weighted by Crippen LogP contribution is -2.44. The number of rotatable bonds is 6. The fraction of sp³-hybridized carbons (Fsp3) is 0.538. The van der Waals surface area contributed by atoms with Crippen LogP contribution in [0.2, 0.25) is 0 Å². The third-order valence-corrected chi connectivity index (χ3v) is 4.51. The van der Waals surface area contributed by atoms with E-state index in [1.165, 1.54) is 0 Å². The van der Waals surface area contributed by atoms with Gasteiger partial charge in [-0.15, -0.1) is 0 Å². The largest absolute Gasteiger partial charge is 0.369 e. The Morgan fingerprint density at radius 3 is 2.33 bits per heavy atom. The summed E-state index contributed by atoms with van der Waals surface area (Å²) in [6.07, 6.45) is 0. The Kier molecular flexibility index (Phi) is 5.40. The van der Waals surface area contributed by atoms with Crippen LogP contribution in [0.3, 0.4) is 0 Å². The third-order valence-electron chi connectivity index (χ3n) is 3.42. The highest BCUT2D eigenvalue weighted by Crippen LogP contribution is 2.19. The van der Waals surface area contributed by atoms with E-state index in [0.29, 0.717) is 5.69 Å². The fourth-order valence-electron chi connectivity index (χ4n) is 2.19.